The standard InChI is InChI=1S/C32H30ClN3O5S/c1-22-3-5-23(6-4-22)20-35(42(39,40)29-15-10-26(33)11-16-29)21-31(37)34-27-12-7-24-17-18-36(30(24)19-27)32(38)25-8-13-28(41-2)14-9-25/h3-16,19H,17-18,20-21H2,1-2H3,(H,34,37). The molecule has 0 spiro atoms. The highest BCUT2D eigenvalue weighted by molar-refractivity contribution is 7.89. The smallest absolute Gasteiger partial charge is 0.258 e. The van der Waals surface area contributed by atoms with Gasteiger partial charge in [0.05, 0.1) is 18.6 Å². The third-order valence-electron chi connectivity index (χ3n) is 7.10. The first-order valence-electron chi connectivity index (χ1n) is 13.3. The lowest BCUT2D eigenvalue weighted by Crippen LogP contribution is -2.37. The fourth-order valence-electron chi connectivity index (χ4n) is 4.80. The molecule has 0 atom stereocenters. The summed E-state index contributed by atoms with van der Waals surface area (Å²) < 4.78 is 33.5. The van der Waals surface area contributed by atoms with Gasteiger partial charge in [0, 0.05) is 35.1 Å². The Morgan fingerprint density at radius 3 is 2.31 bits per heavy atom. The van der Waals surface area contributed by atoms with Gasteiger partial charge in [0.1, 0.15) is 5.75 Å². The van der Waals surface area contributed by atoms with Gasteiger partial charge in [-0.3, -0.25) is 9.59 Å². The van der Waals surface area contributed by atoms with Gasteiger partial charge in [0.15, 0.2) is 0 Å². The van der Waals surface area contributed by atoms with Crippen molar-refractivity contribution in [3.8, 4) is 5.75 Å². The Morgan fingerprint density at radius 1 is 0.952 bits per heavy atom. The van der Waals surface area contributed by atoms with Crippen LogP contribution in [-0.4, -0.2) is 44.7 Å². The molecule has 216 valence electrons. The first-order chi connectivity index (χ1) is 20.1. The number of carbonyl (C=O) groups is 2. The summed E-state index contributed by atoms with van der Waals surface area (Å²) in [5.74, 6) is -0.00305. The second-order valence-electron chi connectivity index (χ2n) is 10.0. The van der Waals surface area contributed by atoms with E-state index in [2.05, 4.69) is 5.32 Å². The molecule has 8 nitrogen and oxygen atoms in total. The van der Waals surface area contributed by atoms with Crippen LogP contribution in [0.3, 0.4) is 0 Å². The molecule has 0 aromatic heterocycles. The van der Waals surface area contributed by atoms with Gasteiger partial charge in [-0.05, 0) is 85.1 Å². The number of hydrogen-bond acceptors (Lipinski definition) is 5. The first-order valence-corrected chi connectivity index (χ1v) is 15.2. The van der Waals surface area contributed by atoms with Crippen molar-refractivity contribution in [2.24, 2.45) is 0 Å². The number of halogens is 1. The molecule has 0 bridgehead atoms. The first kappa shape index (κ1) is 29.3. The summed E-state index contributed by atoms with van der Waals surface area (Å²) in [6.07, 6.45) is 0.690. The largest absolute Gasteiger partial charge is 0.497 e. The van der Waals surface area contributed by atoms with Crippen molar-refractivity contribution in [1.29, 1.82) is 0 Å². The van der Waals surface area contributed by atoms with Crippen LogP contribution >= 0.6 is 11.6 Å². The highest BCUT2D eigenvalue weighted by Gasteiger charge is 2.29. The van der Waals surface area contributed by atoms with Crippen molar-refractivity contribution >= 4 is 44.8 Å². The van der Waals surface area contributed by atoms with Gasteiger partial charge in [-0.2, -0.15) is 4.31 Å². The van der Waals surface area contributed by atoms with Crippen molar-refractivity contribution < 1.29 is 22.7 Å². The van der Waals surface area contributed by atoms with Gasteiger partial charge in [0.2, 0.25) is 15.9 Å². The average Bonchev–Trinajstić information content (AvgIpc) is 3.41. The Labute approximate surface area is 250 Å². The molecule has 0 fully saturated rings. The maximum Gasteiger partial charge on any atom is 0.258 e. The van der Waals surface area contributed by atoms with Crippen molar-refractivity contribution in [2.75, 3.05) is 30.4 Å². The molecule has 10 heteroatoms. The normalized spacial score (nSPS) is 12.7. The molecule has 5 rings (SSSR count). The molecule has 1 aliphatic rings. The maximum atomic E-state index is 13.6. The lowest BCUT2D eigenvalue weighted by Gasteiger charge is -2.22. The summed E-state index contributed by atoms with van der Waals surface area (Å²) in [5, 5.41) is 3.23. The number of benzene rings is 4. The number of anilines is 2. The lowest BCUT2D eigenvalue weighted by atomic mass is 10.1. The average molecular weight is 604 g/mol. The molecule has 4 aromatic rings. The molecule has 0 aliphatic carbocycles. The second-order valence-corrected chi connectivity index (χ2v) is 12.4. The van der Waals surface area contributed by atoms with Gasteiger partial charge < -0.3 is 15.0 Å². The Morgan fingerprint density at radius 2 is 1.64 bits per heavy atom. The third kappa shape index (κ3) is 6.49. The van der Waals surface area contributed by atoms with E-state index in [1.807, 2.05) is 37.3 Å². The van der Waals surface area contributed by atoms with Gasteiger partial charge in [-0.1, -0.05) is 47.5 Å². The number of nitrogens with one attached hydrogen (secondary N) is 1. The van der Waals surface area contributed by atoms with E-state index in [-0.39, 0.29) is 17.3 Å². The molecule has 1 aliphatic heterocycles. The van der Waals surface area contributed by atoms with Gasteiger partial charge >= 0.3 is 0 Å². The van der Waals surface area contributed by atoms with Crippen LogP contribution < -0.4 is 15.0 Å². The highest BCUT2D eigenvalue weighted by atomic mass is 35.5. The molecule has 2 amide bonds. The van der Waals surface area contributed by atoms with Crippen LogP contribution in [0.4, 0.5) is 11.4 Å². The summed E-state index contributed by atoms with van der Waals surface area (Å²) in [4.78, 5) is 28.3. The topological polar surface area (TPSA) is 96.0 Å². The second kappa shape index (κ2) is 12.4. The number of hydrogen-bond donors (Lipinski definition) is 1. The predicted molar refractivity (Wildman–Crippen MR) is 164 cm³/mol. The van der Waals surface area contributed by atoms with E-state index in [0.29, 0.717) is 40.7 Å². The summed E-state index contributed by atoms with van der Waals surface area (Å²) in [7, 11) is -2.46. The molecule has 4 aromatic carbocycles. The minimum atomic E-state index is -4.03. The van der Waals surface area contributed by atoms with E-state index in [4.69, 9.17) is 16.3 Å². The van der Waals surface area contributed by atoms with Crippen LogP contribution in [0.1, 0.15) is 27.0 Å². The number of methoxy groups -OCH3 is 1. The molecule has 42 heavy (non-hydrogen) atoms. The van der Waals surface area contributed by atoms with Crippen molar-refractivity contribution in [3.05, 3.63) is 118 Å². The Hall–Kier alpha value is -4.18. The number of amides is 2. The van der Waals surface area contributed by atoms with E-state index in [1.165, 1.54) is 24.3 Å². The van der Waals surface area contributed by atoms with Crippen LogP contribution in [-0.2, 0) is 27.8 Å². The molecule has 0 radical (unpaired) electrons. The van der Waals surface area contributed by atoms with Crippen LogP contribution in [0.15, 0.2) is 95.9 Å². The van der Waals surface area contributed by atoms with Crippen LogP contribution in [0.2, 0.25) is 5.02 Å². The van der Waals surface area contributed by atoms with E-state index in [0.717, 1.165) is 21.0 Å². The monoisotopic (exact) mass is 603 g/mol. The molecule has 0 unspecified atom stereocenters. The number of aryl methyl sites for hydroxylation is 1. The van der Waals surface area contributed by atoms with E-state index in [1.54, 1.807) is 48.4 Å². The zero-order valence-corrected chi connectivity index (χ0v) is 24.8. The van der Waals surface area contributed by atoms with Crippen molar-refractivity contribution in [2.45, 2.75) is 24.8 Å². The van der Waals surface area contributed by atoms with Gasteiger partial charge in [-0.25, -0.2) is 8.42 Å². The number of rotatable bonds is 9. The summed E-state index contributed by atoms with van der Waals surface area (Å²) in [6.45, 7) is 2.06. The van der Waals surface area contributed by atoms with Crippen molar-refractivity contribution in [3.63, 3.8) is 0 Å². The molecule has 0 saturated heterocycles. The Balaban J connectivity index is 1.35. The number of nitrogens with zero attached hydrogens (tertiary/aromatic N) is 2. The SMILES string of the molecule is COc1ccc(C(=O)N2CCc3ccc(NC(=O)CN(Cc4ccc(C)cc4)S(=O)(=O)c4ccc(Cl)cc4)cc32)cc1. The number of ether oxygens (including phenoxy) is 1. The summed E-state index contributed by atoms with van der Waals surface area (Å²) in [5.41, 5.74) is 4.47. The van der Waals surface area contributed by atoms with Crippen LogP contribution in [0.5, 0.6) is 5.75 Å². The fraction of sp³-hybridized carbons (Fsp3) is 0.188. The van der Waals surface area contributed by atoms with Gasteiger partial charge in [-0.15, -0.1) is 0 Å². The Kier molecular flexibility index (Phi) is 8.63. The van der Waals surface area contributed by atoms with Crippen molar-refractivity contribution in [1.82, 2.24) is 4.31 Å². The minimum Gasteiger partial charge on any atom is -0.497 e. The zero-order valence-electron chi connectivity index (χ0n) is 23.2. The summed E-state index contributed by atoms with van der Waals surface area (Å²) >= 11 is 5.98. The molecule has 1 N–H and O–H groups in total. The molecule has 1 heterocycles. The molecular formula is C32H30ClN3O5S. The van der Waals surface area contributed by atoms with E-state index in [9.17, 15) is 18.0 Å². The van der Waals surface area contributed by atoms with E-state index >= 15 is 0 Å². The van der Waals surface area contributed by atoms with Crippen LogP contribution in [0.25, 0.3) is 0 Å². The quantitative estimate of drug-likeness (QED) is 0.265. The number of carbonyl (C=O) groups excluding carboxylic acids is 2. The highest BCUT2D eigenvalue weighted by Crippen LogP contribution is 2.32. The maximum absolute atomic E-state index is 13.6. The van der Waals surface area contributed by atoms with Crippen LogP contribution in [0, 0.1) is 6.92 Å². The fourth-order valence-corrected chi connectivity index (χ4v) is 6.31. The zero-order chi connectivity index (χ0) is 29.9. The number of fused-ring (bicyclic) bond motifs is 1. The Bertz CT molecular complexity index is 1710. The summed E-state index contributed by atoms with van der Waals surface area (Å²) in [6, 6.07) is 25.6. The third-order valence-corrected chi connectivity index (χ3v) is 9.16. The lowest BCUT2D eigenvalue weighted by molar-refractivity contribution is -0.116. The predicted octanol–water partition coefficient (Wildman–Crippen LogP) is 5.69. The minimum absolute atomic E-state index is 0.00693. The molecule has 0 saturated carbocycles. The number of sulfonamides is 1. The molecular weight excluding hydrogens is 574 g/mol. The van der Waals surface area contributed by atoms with Gasteiger partial charge in [0.25, 0.3) is 5.91 Å². The van der Waals surface area contributed by atoms with E-state index < -0.39 is 22.5 Å².